The third-order valence-corrected chi connectivity index (χ3v) is 3.50. The maximum absolute atomic E-state index is 11.7. The predicted octanol–water partition coefficient (Wildman–Crippen LogP) is 1.88. The molecule has 1 fully saturated rings. The first kappa shape index (κ1) is 12.1. The van der Waals surface area contributed by atoms with E-state index in [1.165, 1.54) is 11.3 Å². The van der Waals surface area contributed by atoms with E-state index in [9.17, 15) is 9.59 Å². The number of ether oxygens (including phenoxy) is 1. The molecule has 2 rings (SSSR count). The molecular weight excluding hydrogens is 238 g/mol. The molecule has 5 heteroatoms. The van der Waals surface area contributed by atoms with Gasteiger partial charge in [-0.05, 0) is 38.8 Å². The van der Waals surface area contributed by atoms with Gasteiger partial charge in [-0.2, -0.15) is 0 Å². The van der Waals surface area contributed by atoms with E-state index in [0.717, 1.165) is 17.7 Å². The summed E-state index contributed by atoms with van der Waals surface area (Å²) in [5.74, 6) is -0.643. The van der Waals surface area contributed by atoms with Gasteiger partial charge in [0.25, 0.3) is 5.91 Å². The third kappa shape index (κ3) is 3.30. The lowest BCUT2D eigenvalue weighted by molar-refractivity contribution is -0.129. The van der Waals surface area contributed by atoms with Crippen LogP contribution >= 0.6 is 11.3 Å². The van der Waals surface area contributed by atoms with Crippen LogP contribution in [0.25, 0.3) is 0 Å². The predicted molar refractivity (Wildman–Crippen MR) is 65.1 cm³/mol. The summed E-state index contributed by atoms with van der Waals surface area (Å²) in [6.45, 7) is 3.51. The van der Waals surface area contributed by atoms with Gasteiger partial charge in [-0.3, -0.25) is 4.79 Å². The van der Waals surface area contributed by atoms with E-state index in [-0.39, 0.29) is 11.9 Å². The zero-order valence-electron chi connectivity index (χ0n) is 9.86. The molecule has 1 aromatic rings. The van der Waals surface area contributed by atoms with Crippen LogP contribution in [0.15, 0.2) is 12.1 Å². The Bertz CT molecular complexity index is 437. The summed E-state index contributed by atoms with van der Waals surface area (Å²) in [5.41, 5.74) is 0. The monoisotopic (exact) mass is 253 g/mol. The van der Waals surface area contributed by atoms with Gasteiger partial charge >= 0.3 is 5.97 Å². The van der Waals surface area contributed by atoms with E-state index < -0.39 is 12.1 Å². The number of hydrogen-bond donors (Lipinski definition) is 1. The minimum atomic E-state index is -0.731. The average Bonchev–Trinajstić information content (AvgIpc) is 2.97. The second-order valence-corrected chi connectivity index (χ2v) is 5.53. The maximum atomic E-state index is 11.7. The standard InChI is InChI=1S/C12H15NO3S/c1-7-3-6-10(17-7)12(15)16-8(2)11(14)13-9-4-5-9/h3,6,8-9H,4-5H2,1-2H3,(H,13,14)/t8-/m1/s1. The van der Waals surface area contributed by atoms with Crippen LogP contribution in [0.3, 0.4) is 0 Å². The lowest BCUT2D eigenvalue weighted by Crippen LogP contribution is -2.36. The number of thiophene rings is 1. The second-order valence-electron chi connectivity index (χ2n) is 4.24. The summed E-state index contributed by atoms with van der Waals surface area (Å²) in [4.78, 5) is 24.8. The van der Waals surface area contributed by atoms with Crippen LogP contribution in [-0.2, 0) is 9.53 Å². The molecule has 0 spiro atoms. The average molecular weight is 253 g/mol. The van der Waals surface area contributed by atoms with E-state index in [0.29, 0.717) is 4.88 Å². The van der Waals surface area contributed by atoms with Crippen LogP contribution in [0.2, 0.25) is 0 Å². The molecule has 1 aromatic heterocycles. The van der Waals surface area contributed by atoms with Crippen LogP contribution < -0.4 is 5.32 Å². The Kier molecular flexibility index (Phi) is 3.47. The Labute approximate surface area is 104 Å². The number of nitrogens with one attached hydrogen (secondary N) is 1. The number of amides is 1. The van der Waals surface area contributed by atoms with Crippen molar-refractivity contribution in [2.45, 2.75) is 38.8 Å². The fourth-order valence-electron chi connectivity index (χ4n) is 1.36. The molecule has 0 radical (unpaired) electrons. The Morgan fingerprint density at radius 3 is 2.71 bits per heavy atom. The summed E-state index contributed by atoms with van der Waals surface area (Å²) in [7, 11) is 0. The molecule has 1 saturated carbocycles. The van der Waals surface area contributed by atoms with Gasteiger partial charge in [0, 0.05) is 10.9 Å². The molecule has 17 heavy (non-hydrogen) atoms. The molecular formula is C12H15NO3S. The smallest absolute Gasteiger partial charge is 0.349 e. The Morgan fingerprint density at radius 2 is 2.18 bits per heavy atom. The molecule has 4 nitrogen and oxygen atoms in total. The Balaban J connectivity index is 1.86. The van der Waals surface area contributed by atoms with Gasteiger partial charge in [-0.25, -0.2) is 4.79 Å². The van der Waals surface area contributed by atoms with Gasteiger partial charge < -0.3 is 10.1 Å². The minimum absolute atomic E-state index is 0.214. The number of esters is 1. The minimum Gasteiger partial charge on any atom is -0.448 e. The van der Waals surface area contributed by atoms with Crippen LogP contribution in [0.5, 0.6) is 0 Å². The highest BCUT2D eigenvalue weighted by Crippen LogP contribution is 2.19. The van der Waals surface area contributed by atoms with Gasteiger partial charge in [0.15, 0.2) is 6.10 Å². The van der Waals surface area contributed by atoms with Crippen molar-refractivity contribution in [2.24, 2.45) is 0 Å². The van der Waals surface area contributed by atoms with Gasteiger partial charge in [0.05, 0.1) is 0 Å². The largest absolute Gasteiger partial charge is 0.448 e. The molecule has 0 bridgehead atoms. The van der Waals surface area contributed by atoms with E-state index in [1.54, 1.807) is 13.0 Å². The highest BCUT2D eigenvalue weighted by molar-refractivity contribution is 7.13. The molecule has 0 aliphatic heterocycles. The summed E-state index contributed by atoms with van der Waals surface area (Å²) < 4.78 is 5.10. The summed E-state index contributed by atoms with van der Waals surface area (Å²) in [5, 5.41) is 2.80. The fourth-order valence-corrected chi connectivity index (χ4v) is 2.11. The topological polar surface area (TPSA) is 55.4 Å². The molecule has 1 heterocycles. The van der Waals surface area contributed by atoms with E-state index >= 15 is 0 Å². The first-order valence-electron chi connectivity index (χ1n) is 5.64. The third-order valence-electron chi connectivity index (χ3n) is 2.52. The van der Waals surface area contributed by atoms with Crippen LogP contribution in [0.1, 0.15) is 34.3 Å². The fraction of sp³-hybridized carbons (Fsp3) is 0.500. The molecule has 1 aliphatic carbocycles. The molecule has 0 unspecified atom stereocenters. The van der Waals surface area contributed by atoms with E-state index in [1.807, 2.05) is 13.0 Å². The van der Waals surface area contributed by atoms with Crippen molar-refractivity contribution in [2.75, 3.05) is 0 Å². The second kappa shape index (κ2) is 4.87. The lowest BCUT2D eigenvalue weighted by atomic mass is 10.3. The molecule has 1 atom stereocenters. The van der Waals surface area contributed by atoms with Crippen LogP contribution in [0.4, 0.5) is 0 Å². The van der Waals surface area contributed by atoms with Crippen molar-refractivity contribution in [3.63, 3.8) is 0 Å². The SMILES string of the molecule is Cc1ccc(C(=O)O[C@H](C)C(=O)NC2CC2)s1. The highest BCUT2D eigenvalue weighted by Gasteiger charge is 2.27. The van der Waals surface area contributed by atoms with Crippen LogP contribution in [0, 0.1) is 6.92 Å². The van der Waals surface area contributed by atoms with Crippen molar-refractivity contribution < 1.29 is 14.3 Å². The van der Waals surface area contributed by atoms with Gasteiger partial charge in [-0.15, -0.1) is 11.3 Å². The molecule has 1 N–H and O–H groups in total. The zero-order chi connectivity index (χ0) is 12.4. The van der Waals surface area contributed by atoms with Crippen molar-refractivity contribution in [1.82, 2.24) is 5.32 Å². The first-order chi connectivity index (χ1) is 8.06. The summed E-state index contributed by atoms with van der Waals surface area (Å²) in [6, 6.07) is 3.86. The molecule has 92 valence electrons. The lowest BCUT2D eigenvalue weighted by Gasteiger charge is -2.12. The number of aryl methyl sites for hydroxylation is 1. The van der Waals surface area contributed by atoms with Gasteiger partial charge in [0.2, 0.25) is 0 Å². The van der Waals surface area contributed by atoms with E-state index in [4.69, 9.17) is 4.74 Å². The van der Waals surface area contributed by atoms with E-state index in [2.05, 4.69) is 5.32 Å². The van der Waals surface area contributed by atoms with Gasteiger partial charge in [0.1, 0.15) is 4.88 Å². The molecule has 1 aliphatic rings. The molecule has 1 amide bonds. The summed E-state index contributed by atoms with van der Waals surface area (Å²) >= 11 is 1.37. The molecule has 0 saturated heterocycles. The van der Waals surface area contributed by atoms with Crippen molar-refractivity contribution in [3.05, 3.63) is 21.9 Å². The van der Waals surface area contributed by atoms with Crippen LogP contribution in [-0.4, -0.2) is 24.0 Å². The molecule has 0 aromatic carbocycles. The quantitative estimate of drug-likeness (QED) is 0.834. The maximum Gasteiger partial charge on any atom is 0.349 e. The van der Waals surface area contributed by atoms with Crippen molar-refractivity contribution >= 4 is 23.2 Å². The van der Waals surface area contributed by atoms with Crippen molar-refractivity contribution in [3.8, 4) is 0 Å². The first-order valence-corrected chi connectivity index (χ1v) is 6.45. The Hall–Kier alpha value is -1.36. The normalized spacial score (nSPS) is 16.4. The highest BCUT2D eigenvalue weighted by atomic mass is 32.1. The number of rotatable bonds is 4. The van der Waals surface area contributed by atoms with Gasteiger partial charge in [-0.1, -0.05) is 0 Å². The number of carbonyl (C=O) groups excluding carboxylic acids is 2. The number of carbonyl (C=O) groups is 2. The zero-order valence-corrected chi connectivity index (χ0v) is 10.7. The number of hydrogen-bond acceptors (Lipinski definition) is 4. The summed E-state index contributed by atoms with van der Waals surface area (Å²) in [6.07, 6.45) is 1.32. The Morgan fingerprint density at radius 1 is 1.47 bits per heavy atom. The van der Waals surface area contributed by atoms with Crippen molar-refractivity contribution in [1.29, 1.82) is 0 Å².